The molecule has 0 bridgehead atoms. The van der Waals surface area contributed by atoms with Crippen LogP contribution < -0.4 is 21.3 Å². The van der Waals surface area contributed by atoms with E-state index in [4.69, 9.17) is 10.2 Å². The molecule has 0 spiro atoms. The fourth-order valence-electron chi connectivity index (χ4n) is 4.92. The van der Waals surface area contributed by atoms with Gasteiger partial charge in [0.05, 0.1) is 58.4 Å². The number of rotatable bonds is 38. The molecule has 0 aromatic carbocycles. The van der Waals surface area contributed by atoms with E-state index in [1.54, 1.807) is 0 Å². The third kappa shape index (κ3) is 29.0. The van der Waals surface area contributed by atoms with Gasteiger partial charge in [0.15, 0.2) is 13.2 Å². The molecular weight excluding hydrogens is 886 g/mol. The molecular formula is C34H61N9O22. The summed E-state index contributed by atoms with van der Waals surface area (Å²) < 4.78 is 0. The van der Waals surface area contributed by atoms with Gasteiger partial charge < -0.3 is 97.3 Å². The van der Waals surface area contributed by atoms with E-state index in [1.807, 2.05) is 0 Å². The normalized spacial score (nSPS) is 15.5. The molecule has 8 atom stereocenters. The van der Waals surface area contributed by atoms with E-state index in [1.165, 1.54) is 14.7 Å². The number of nitrogens with zero attached hydrogens (tertiary/aromatic N) is 5. The van der Waals surface area contributed by atoms with Crippen molar-refractivity contribution >= 4 is 54.0 Å². The van der Waals surface area contributed by atoms with Crippen molar-refractivity contribution in [3.05, 3.63) is 0 Å². The van der Waals surface area contributed by atoms with Crippen molar-refractivity contribution in [2.24, 2.45) is 10.3 Å². The lowest BCUT2D eigenvalue weighted by Crippen LogP contribution is -2.48. The lowest BCUT2D eigenvalue weighted by atomic mass is 10.0. The average Bonchev–Trinajstić information content (AvgIpc) is 3.25. The van der Waals surface area contributed by atoms with E-state index in [2.05, 4.69) is 41.3 Å². The lowest BCUT2D eigenvalue weighted by Gasteiger charge is -2.28. The van der Waals surface area contributed by atoms with E-state index < -0.39 is 150 Å². The average molecular weight is 948 g/mol. The number of aliphatic hydroxyl groups is 10. The van der Waals surface area contributed by atoms with Gasteiger partial charge in [-0.25, -0.2) is 0 Å². The number of carboxylic acids is 3. The Morgan fingerprint density at radius 1 is 0.446 bits per heavy atom. The van der Waals surface area contributed by atoms with Crippen molar-refractivity contribution in [2.75, 3.05) is 112 Å². The van der Waals surface area contributed by atoms with E-state index in [-0.39, 0.29) is 52.4 Å². The smallest absolute Gasteiger partial charge is 0.317 e. The fraction of sp³-hybridized carbons (Fsp3) is 0.735. The third-order valence-electron chi connectivity index (χ3n) is 8.34. The van der Waals surface area contributed by atoms with Gasteiger partial charge in [-0.3, -0.25) is 48.3 Å². The first-order valence-corrected chi connectivity index (χ1v) is 19.5. The summed E-state index contributed by atoms with van der Waals surface area (Å²) in [4.78, 5) is 96.6. The van der Waals surface area contributed by atoms with Crippen LogP contribution in [0.2, 0.25) is 0 Å². The summed E-state index contributed by atoms with van der Waals surface area (Å²) in [5, 5.41) is 138. The Bertz CT molecular complexity index is 1410. The Balaban J connectivity index is 4.90. The van der Waals surface area contributed by atoms with E-state index in [0.717, 1.165) is 0 Å². The molecule has 0 aliphatic rings. The number of aliphatic carboxylic acids is 3. The molecule has 0 radical (unpaired) electrons. The molecule has 65 heavy (non-hydrogen) atoms. The Labute approximate surface area is 370 Å². The number of aliphatic hydroxyl groups excluding tert-OH is 10. The molecule has 4 unspecified atom stereocenters. The van der Waals surface area contributed by atoms with Crippen molar-refractivity contribution in [3.8, 4) is 0 Å². The number of hydrogen-bond donors (Lipinski definition) is 17. The number of nitrogens with one attached hydrogen (secondary N) is 4. The van der Waals surface area contributed by atoms with Crippen molar-refractivity contribution in [2.45, 2.75) is 48.8 Å². The third-order valence-corrected chi connectivity index (χ3v) is 8.34. The second-order valence-corrected chi connectivity index (χ2v) is 13.8. The molecule has 0 rings (SSSR count). The molecule has 4 amide bonds. The van der Waals surface area contributed by atoms with Crippen LogP contribution in [0.4, 0.5) is 0 Å². The first-order chi connectivity index (χ1) is 30.6. The first kappa shape index (κ1) is 59.7. The van der Waals surface area contributed by atoms with Crippen molar-refractivity contribution in [1.29, 1.82) is 0 Å². The van der Waals surface area contributed by atoms with Gasteiger partial charge in [0.2, 0.25) is 11.8 Å². The maximum absolute atomic E-state index is 12.6. The Hall–Kier alpha value is -5.29. The molecule has 0 saturated heterocycles. The highest BCUT2D eigenvalue weighted by molar-refractivity contribution is 5.80. The van der Waals surface area contributed by atoms with Crippen LogP contribution in [0, 0.1) is 0 Å². The fourth-order valence-corrected chi connectivity index (χ4v) is 4.92. The van der Waals surface area contributed by atoms with Crippen molar-refractivity contribution < 1.29 is 110 Å². The van der Waals surface area contributed by atoms with Gasteiger partial charge >= 0.3 is 17.9 Å². The number of oxime groups is 2. The maximum atomic E-state index is 12.6. The number of carbonyl (C=O) groups is 7. The minimum atomic E-state index is -1.94. The number of amides is 4. The van der Waals surface area contributed by atoms with Crippen molar-refractivity contribution in [3.63, 3.8) is 0 Å². The Kier molecular flexibility index (Phi) is 31.3. The van der Waals surface area contributed by atoms with Gasteiger partial charge in [0, 0.05) is 52.4 Å². The SMILES string of the molecule is O=C(O)CN(CCN(CC(=O)O)CC(=O)NCCNC(=O)CO/N=C/C(O)[C@H](O)[C@H](O)C(O)CO)CCN(CC(=O)O)CC(=O)NCCNC(=O)CO/N=C/C(O)[C@H](O)[C@H](O)C(O)CO. The van der Waals surface area contributed by atoms with Gasteiger partial charge in [0.25, 0.3) is 11.8 Å². The first-order valence-electron chi connectivity index (χ1n) is 19.5. The zero-order valence-electron chi connectivity index (χ0n) is 35.0. The number of carboxylic acid groups (broad SMARTS) is 3. The monoisotopic (exact) mass is 947 g/mol. The highest BCUT2D eigenvalue weighted by atomic mass is 16.6. The highest BCUT2D eigenvalue weighted by Crippen LogP contribution is 2.05. The number of carbonyl (C=O) groups excluding carboxylic acids is 4. The highest BCUT2D eigenvalue weighted by Gasteiger charge is 2.30. The van der Waals surface area contributed by atoms with Gasteiger partial charge in [-0.05, 0) is 0 Å². The summed E-state index contributed by atoms with van der Waals surface area (Å²) in [5.74, 6) is -6.72. The number of hydrogen-bond acceptors (Lipinski definition) is 24. The van der Waals surface area contributed by atoms with Gasteiger partial charge in [0.1, 0.15) is 48.8 Å². The molecule has 0 aliphatic heterocycles. The van der Waals surface area contributed by atoms with Crippen LogP contribution in [0.3, 0.4) is 0 Å². The summed E-state index contributed by atoms with van der Waals surface area (Å²) in [6.07, 6.45) is -13.6. The molecule has 0 saturated carbocycles. The van der Waals surface area contributed by atoms with Crippen LogP contribution in [-0.2, 0) is 43.2 Å². The molecule has 374 valence electrons. The second kappa shape index (κ2) is 34.1. The summed E-state index contributed by atoms with van der Waals surface area (Å²) in [6, 6.07) is 0. The van der Waals surface area contributed by atoms with Crippen LogP contribution in [-0.4, -0.2) is 295 Å². The molecule has 31 heteroatoms. The zero-order chi connectivity index (χ0) is 49.5. The maximum Gasteiger partial charge on any atom is 0.317 e. The van der Waals surface area contributed by atoms with E-state index in [0.29, 0.717) is 12.4 Å². The topological polar surface area (TPSA) is 484 Å². The van der Waals surface area contributed by atoms with Gasteiger partial charge in [-0.2, -0.15) is 0 Å². The molecule has 0 aliphatic carbocycles. The van der Waals surface area contributed by atoms with Crippen molar-refractivity contribution in [1.82, 2.24) is 36.0 Å². The Morgan fingerprint density at radius 2 is 0.738 bits per heavy atom. The zero-order valence-corrected chi connectivity index (χ0v) is 35.0. The van der Waals surface area contributed by atoms with Crippen LogP contribution >= 0.6 is 0 Å². The molecule has 31 nitrogen and oxygen atoms in total. The van der Waals surface area contributed by atoms with Gasteiger partial charge in [-0.15, -0.1) is 0 Å². The summed E-state index contributed by atoms with van der Waals surface area (Å²) in [6.45, 7) is -6.96. The van der Waals surface area contributed by atoms with E-state index >= 15 is 0 Å². The quantitative estimate of drug-likeness (QED) is 0.0155. The van der Waals surface area contributed by atoms with Crippen LogP contribution in [0.15, 0.2) is 10.3 Å². The lowest BCUT2D eigenvalue weighted by molar-refractivity contribution is -0.141. The predicted molar refractivity (Wildman–Crippen MR) is 215 cm³/mol. The largest absolute Gasteiger partial charge is 0.480 e. The molecule has 17 N–H and O–H groups in total. The molecule has 0 aromatic heterocycles. The molecule has 0 heterocycles. The van der Waals surface area contributed by atoms with E-state index in [9.17, 15) is 89.7 Å². The molecule has 0 fully saturated rings. The van der Waals surface area contributed by atoms with Crippen LogP contribution in [0.5, 0.6) is 0 Å². The van der Waals surface area contributed by atoms with Gasteiger partial charge in [-0.1, -0.05) is 10.3 Å². The predicted octanol–water partition coefficient (Wildman–Crippen LogP) is -11.5. The minimum absolute atomic E-state index is 0.116. The minimum Gasteiger partial charge on any atom is -0.480 e. The Morgan fingerprint density at radius 3 is 1.05 bits per heavy atom. The summed E-state index contributed by atoms with van der Waals surface area (Å²) in [5.41, 5.74) is 0. The summed E-state index contributed by atoms with van der Waals surface area (Å²) in [7, 11) is 0. The summed E-state index contributed by atoms with van der Waals surface area (Å²) >= 11 is 0. The van der Waals surface area contributed by atoms with Crippen LogP contribution in [0.25, 0.3) is 0 Å². The standard InChI is InChI=1S/C34H61N9O22/c44-16-22(48)33(62)31(60)20(46)9-39-64-18-26(52)37-3-1-35-24(50)11-42(14-29(56)57)7-5-41(13-28(54)55)6-8-43(15-30(58)59)12-25(51)36-2-4-38-27(53)19-65-40-10-21(47)32(61)34(63)23(49)17-45/h9-10,20-23,31-34,44-49,60-63H,1-8,11-19H2,(H,35,50)(H,36,51)(H,37,52)(H,38,53)(H,54,55)(H,56,57)(H,58,59)/b39-9+,40-10+/t20?,21?,22?,23?,31-,32-,33+,34+/m0/s1. The molecule has 0 aromatic rings. The second-order valence-electron chi connectivity index (χ2n) is 13.8. The van der Waals surface area contributed by atoms with Crippen LogP contribution in [0.1, 0.15) is 0 Å².